The Balaban J connectivity index is 1.56. The minimum absolute atomic E-state index is 0.228. The summed E-state index contributed by atoms with van der Waals surface area (Å²) < 4.78 is 7.44. The number of nitrogens with one attached hydrogen (secondary N) is 1. The van der Waals surface area contributed by atoms with Crippen molar-refractivity contribution in [2.75, 3.05) is 17.7 Å². The average molecular weight is 356 g/mol. The highest BCUT2D eigenvalue weighted by Gasteiger charge is 2.35. The zero-order valence-corrected chi connectivity index (χ0v) is 14.0. The lowest BCUT2D eigenvalue weighted by Gasteiger charge is -2.13. The van der Waals surface area contributed by atoms with Crippen molar-refractivity contribution in [2.24, 2.45) is 0 Å². The van der Waals surface area contributed by atoms with Crippen LogP contribution in [0.1, 0.15) is 18.2 Å². The Kier molecular flexibility index (Phi) is 4.41. The number of fused-ring (bicyclic) bond motifs is 1. The van der Waals surface area contributed by atoms with Crippen LogP contribution in [0.3, 0.4) is 0 Å². The summed E-state index contributed by atoms with van der Waals surface area (Å²) in [5.41, 5.74) is 8.71. The molecule has 3 aromatic rings. The minimum atomic E-state index is -0.715. The molecule has 3 heterocycles. The van der Waals surface area contributed by atoms with Crippen LogP contribution in [0.15, 0.2) is 36.9 Å². The van der Waals surface area contributed by atoms with E-state index < -0.39 is 18.4 Å². The molecule has 5 N–H and O–H groups in total. The highest BCUT2D eigenvalue weighted by Crippen LogP contribution is 2.31. The molecule has 0 saturated carbocycles. The predicted molar refractivity (Wildman–Crippen MR) is 95.1 cm³/mol. The number of benzene rings is 1. The molecule has 1 aliphatic heterocycles. The number of hydrogen-bond donors (Lipinski definition) is 4. The van der Waals surface area contributed by atoms with Crippen LogP contribution in [0.4, 0.5) is 11.5 Å². The summed E-state index contributed by atoms with van der Waals surface area (Å²) in [5, 5.41) is 22.5. The number of nitrogens with two attached hydrogens (primary N) is 1. The first-order chi connectivity index (χ1) is 12.7. The van der Waals surface area contributed by atoms with E-state index in [0.717, 1.165) is 11.3 Å². The van der Waals surface area contributed by atoms with Gasteiger partial charge in [-0.25, -0.2) is 15.0 Å². The average Bonchev–Trinajstić information content (AvgIpc) is 3.24. The van der Waals surface area contributed by atoms with Crippen molar-refractivity contribution in [1.29, 1.82) is 0 Å². The molecule has 0 bridgehead atoms. The summed E-state index contributed by atoms with van der Waals surface area (Å²) in [7, 11) is 0. The standard InChI is InChI=1S/C17H20N6O3/c18-11-3-1-10(2-4-11)6-19-16-15-17(21-8-20-16)23(9-22-15)14-5-12(25)13(7-24)26-14/h1-4,8-9,12-14,24-25H,5-7,18H2,(H,19,20,21)/t12?,13-,14-/m1/s1. The molecule has 0 radical (unpaired) electrons. The molecular weight excluding hydrogens is 336 g/mol. The Morgan fingerprint density at radius 2 is 2.04 bits per heavy atom. The van der Waals surface area contributed by atoms with Crippen LogP contribution < -0.4 is 11.1 Å². The van der Waals surface area contributed by atoms with Crippen molar-refractivity contribution in [1.82, 2.24) is 19.5 Å². The van der Waals surface area contributed by atoms with E-state index in [-0.39, 0.29) is 6.61 Å². The van der Waals surface area contributed by atoms with Crippen molar-refractivity contribution >= 4 is 22.7 Å². The van der Waals surface area contributed by atoms with E-state index >= 15 is 0 Å². The fraction of sp³-hybridized carbons (Fsp3) is 0.353. The lowest BCUT2D eigenvalue weighted by molar-refractivity contribution is -0.0432. The lowest BCUT2D eigenvalue weighted by Crippen LogP contribution is -2.24. The second-order valence-electron chi connectivity index (χ2n) is 6.26. The molecule has 9 nitrogen and oxygen atoms in total. The largest absolute Gasteiger partial charge is 0.399 e. The summed E-state index contributed by atoms with van der Waals surface area (Å²) in [6, 6.07) is 7.59. The van der Waals surface area contributed by atoms with Crippen LogP contribution in [0.2, 0.25) is 0 Å². The highest BCUT2D eigenvalue weighted by molar-refractivity contribution is 5.82. The molecule has 0 aliphatic carbocycles. The molecule has 0 spiro atoms. The molecule has 2 aromatic heterocycles. The second-order valence-corrected chi connectivity index (χ2v) is 6.26. The number of hydrogen-bond acceptors (Lipinski definition) is 8. The zero-order valence-electron chi connectivity index (χ0n) is 14.0. The molecule has 1 unspecified atom stereocenters. The van der Waals surface area contributed by atoms with Gasteiger partial charge in [0.05, 0.1) is 19.0 Å². The number of aromatic nitrogens is 4. The van der Waals surface area contributed by atoms with Gasteiger partial charge in [0.2, 0.25) is 0 Å². The smallest absolute Gasteiger partial charge is 0.167 e. The molecule has 1 fully saturated rings. The summed E-state index contributed by atoms with van der Waals surface area (Å²) >= 11 is 0. The third-order valence-electron chi connectivity index (χ3n) is 4.49. The first-order valence-corrected chi connectivity index (χ1v) is 8.36. The van der Waals surface area contributed by atoms with Crippen LogP contribution in [0.5, 0.6) is 0 Å². The molecular formula is C17H20N6O3. The number of anilines is 2. The van der Waals surface area contributed by atoms with E-state index in [9.17, 15) is 10.2 Å². The van der Waals surface area contributed by atoms with Gasteiger partial charge in [-0.3, -0.25) is 4.57 Å². The van der Waals surface area contributed by atoms with E-state index in [4.69, 9.17) is 10.5 Å². The third-order valence-corrected chi connectivity index (χ3v) is 4.49. The molecule has 1 aromatic carbocycles. The van der Waals surface area contributed by atoms with Crippen LogP contribution >= 0.6 is 0 Å². The van der Waals surface area contributed by atoms with Crippen LogP contribution in [0.25, 0.3) is 11.2 Å². The molecule has 9 heteroatoms. The van der Waals surface area contributed by atoms with Crippen LogP contribution in [-0.4, -0.2) is 48.5 Å². The summed E-state index contributed by atoms with van der Waals surface area (Å²) in [6.45, 7) is 0.345. The number of aliphatic hydroxyl groups excluding tert-OH is 2. The fourth-order valence-electron chi connectivity index (χ4n) is 3.06. The van der Waals surface area contributed by atoms with Gasteiger partial charge in [0.1, 0.15) is 18.7 Å². The van der Waals surface area contributed by atoms with Gasteiger partial charge in [0.25, 0.3) is 0 Å². The monoisotopic (exact) mass is 356 g/mol. The highest BCUT2D eigenvalue weighted by atomic mass is 16.5. The predicted octanol–water partition coefficient (Wildman–Crippen LogP) is 0.661. The summed E-state index contributed by atoms with van der Waals surface area (Å²) in [6.07, 6.45) is 1.71. The Bertz CT molecular complexity index is 897. The lowest BCUT2D eigenvalue weighted by atomic mass is 10.2. The molecule has 1 aliphatic rings. The number of nitrogen functional groups attached to an aromatic ring is 1. The Hall–Kier alpha value is -2.75. The van der Waals surface area contributed by atoms with E-state index in [0.29, 0.717) is 29.9 Å². The van der Waals surface area contributed by atoms with Crippen molar-refractivity contribution < 1.29 is 14.9 Å². The number of imidazole rings is 1. The van der Waals surface area contributed by atoms with Gasteiger partial charge in [-0.15, -0.1) is 0 Å². The third kappa shape index (κ3) is 3.07. The maximum absolute atomic E-state index is 9.94. The van der Waals surface area contributed by atoms with Gasteiger partial charge in [-0.05, 0) is 17.7 Å². The van der Waals surface area contributed by atoms with E-state index in [2.05, 4.69) is 20.3 Å². The Labute approximate surface area is 149 Å². The maximum Gasteiger partial charge on any atom is 0.167 e. The minimum Gasteiger partial charge on any atom is -0.399 e. The Morgan fingerprint density at radius 1 is 1.23 bits per heavy atom. The van der Waals surface area contributed by atoms with Gasteiger partial charge < -0.3 is 26.0 Å². The molecule has 0 amide bonds. The van der Waals surface area contributed by atoms with Gasteiger partial charge in [0, 0.05) is 18.7 Å². The molecule has 3 atom stereocenters. The van der Waals surface area contributed by atoms with Crippen LogP contribution in [-0.2, 0) is 11.3 Å². The second kappa shape index (κ2) is 6.87. The van der Waals surface area contributed by atoms with Gasteiger partial charge in [-0.2, -0.15) is 0 Å². The van der Waals surface area contributed by atoms with Gasteiger partial charge in [0.15, 0.2) is 17.0 Å². The number of aliphatic hydroxyl groups is 2. The summed E-state index contributed by atoms with van der Waals surface area (Å²) in [4.78, 5) is 13.0. The molecule has 26 heavy (non-hydrogen) atoms. The molecule has 4 rings (SSSR count). The number of rotatable bonds is 5. The van der Waals surface area contributed by atoms with E-state index in [1.807, 2.05) is 24.3 Å². The first-order valence-electron chi connectivity index (χ1n) is 8.36. The quantitative estimate of drug-likeness (QED) is 0.490. The van der Waals surface area contributed by atoms with Crippen molar-refractivity contribution in [3.63, 3.8) is 0 Å². The van der Waals surface area contributed by atoms with Gasteiger partial charge in [-0.1, -0.05) is 12.1 Å². The van der Waals surface area contributed by atoms with Crippen molar-refractivity contribution in [3.8, 4) is 0 Å². The fourth-order valence-corrected chi connectivity index (χ4v) is 3.06. The normalized spacial score (nSPS) is 22.8. The number of nitrogens with zero attached hydrogens (tertiary/aromatic N) is 4. The first kappa shape index (κ1) is 16.7. The maximum atomic E-state index is 9.94. The van der Waals surface area contributed by atoms with E-state index in [1.54, 1.807) is 10.9 Å². The topological polar surface area (TPSA) is 131 Å². The molecule has 136 valence electrons. The SMILES string of the molecule is Nc1ccc(CNc2ncnc3c2ncn3[C@H]2CC(O)[C@@H](CO)O2)cc1. The summed E-state index contributed by atoms with van der Waals surface area (Å²) in [5.74, 6) is 0.614. The Morgan fingerprint density at radius 3 is 2.77 bits per heavy atom. The molecule has 1 saturated heterocycles. The van der Waals surface area contributed by atoms with Crippen LogP contribution in [0, 0.1) is 0 Å². The van der Waals surface area contributed by atoms with E-state index in [1.165, 1.54) is 6.33 Å². The van der Waals surface area contributed by atoms with Gasteiger partial charge >= 0.3 is 0 Å². The zero-order chi connectivity index (χ0) is 18.1. The van der Waals surface area contributed by atoms with Crippen molar-refractivity contribution in [2.45, 2.75) is 31.4 Å². The van der Waals surface area contributed by atoms with Crippen molar-refractivity contribution in [3.05, 3.63) is 42.5 Å². The number of ether oxygens (including phenoxy) is 1.